The van der Waals surface area contributed by atoms with E-state index in [2.05, 4.69) is 20.0 Å². The summed E-state index contributed by atoms with van der Waals surface area (Å²) in [5.41, 5.74) is -0.164. The van der Waals surface area contributed by atoms with Crippen LogP contribution in [0.3, 0.4) is 0 Å². The molecule has 1 aromatic carbocycles. The maximum absolute atomic E-state index is 12.8. The number of rotatable bonds is 4. The zero-order valence-corrected chi connectivity index (χ0v) is 17.0. The summed E-state index contributed by atoms with van der Waals surface area (Å²) in [4.78, 5) is 12.3. The van der Waals surface area contributed by atoms with Crippen LogP contribution in [0.2, 0.25) is 10.0 Å². The first-order valence-electron chi connectivity index (χ1n) is 9.09. The number of anilines is 1. The number of benzene rings is 1. The third-order valence-electron chi connectivity index (χ3n) is 4.76. The summed E-state index contributed by atoms with van der Waals surface area (Å²) in [5.74, 6) is 1.24. The van der Waals surface area contributed by atoms with E-state index < -0.39 is 11.7 Å². The lowest BCUT2D eigenvalue weighted by atomic mass is 10.2. The predicted octanol–water partition coefficient (Wildman–Crippen LogP) is 4.78. The van der Waals surface area contributed by atoms with Crippen molar-refractivity contribution < 1.29 is 17.7 Å². The summed E-state index contributed by atoms with van der Waals surface area (Å²) in [6.07, 6.45) is -3.66. The Morgan fingerprint density at radius 2 is 1.77 bits per heavy atom. The van der Waals surface area contributed by atoms with Crippen LogP contribution in [-0.2, 0) is 12.7 Å². The average Bonchev–Trinajstić information content (AvgIpc) is 3.16. The largest absolute Gasteiger partial charge is 0.417 e. The maximum Gasteiger partial charge on any atom is 0.417 e. The van der Waals surface area contributed by atoms with E-state index in [1.807, 2.05) is 23.1 Å². The van der Waals surface area contributed by atoms with Crippen molar-refractivity contribution in [1.29, 1.82) is 0 Å². The molecule has 4 rings (SSSR count). The molecule has 2 aromatic heterocycles. The molecule has 0 radical (unpaired) electrons. The van der Waals surface area contributed by atoms with Gasteiger partial charge in [0.1, 0.15) is 5.82 Å². The number of hydrogen-bond acceptors (Lipinski definition) is 6. The Morgan fingerprint density at radius 1 is 1.03 bits per heavy atom. The fraction of sp³-hybridized carbons (Fsp3) is 0.316. The lowest BCUT2D eigenvalue weighted by molar-refractivity contribution is -0.137. The first kappa shape index (κ1) is 20.9. The Bertz CT molecular complexity index is 1040. The van der Waals surface area contributed by atoms with Crippen LogP contribution in [0.25, 0.3) is 11.4 Å². The molecule has 0 unspecified atom stereocenters. The number of pyridine rings is 1. The number of nitrogens with zero attached hydrogens (tertiary/aromatic N) is 5. The molecule has 11 heteroatoms. The van der Waals surface area contributed by atoms with Crippen molar-refractivity contribution >= 4 is 29.0 Å². The van der Waals surface area contributed by atoms with Crippen molar-refractivity contribution in [2.75, 3.05) is 31.1 Å². The molecule has 30 heavy (non-hydrogen) atoms. The van der Waals surface area contributed by atoms with Gasteiger partial charge < -0.3 is 9.42 Å². The van der Waals surface area contributed by atoms with Crippen LogP contribution < -0.4 is 4.90 Å². The van der Waals surface area contributed by atoms with Crippen molar-refractivity contribution in [2.24, 2.45) is 0 Å². The van der Waals surface area contributed by atoms with E-state index in [1.54, 1.807) is 6.07 Å². The normalized spacial score (nSPS) is 15.6. The molecule has 0 atom stereocenters. The van der Waals surface area contributed by atoms with Crippen LogP contribution in [0.5, 0.6) is 0 Å². The Kier molecular flexibility index (Phi) is 5.86. The van der Waals surface area contributed by atoms with Crippen molar-refractivity contribution in [1.82, 2.24) is 20.0 Å². The number of hydrogen-bond donors (Lipinski definition) is 0. The summed E-state index contributed by atoms with van der Waals surface area (Å²) in [5, 5.41) is 4.51. The van der Waals surface area contributed by atoms with E-state index in [-0.39, 0.29) is 5.02 Å². The van der Waals surface area contributed by atoms with Gasteiger partial charge >= 0.3 is 6.18 Å². The van der Waals surface area contributed by atoms with Crippen LogP contribution >= 0.6 is 23.2 Å². The quantitative estimate of drug-likeness (QED) is 0.561. The highest BCUT2D eigenvalue weighted by molar-refractivity contribution is 6.33. The molecule has 0 bridgehead atoms. The fourth-order valence-electron chi connectivity index (χ4n) is 3.20. The zero-order valence-electron chi connectivity index (χ0n) is 15.5. The first-order valence-corrected chi connectivity index (χ1v) is 9.84. The van der Waals surface area contributed by atoms with Crippen LogP contribution in [0.15, 0.2) is 41.1 Å². The third-order valence-corrected chi connectivity index (χ3v) is 5.37. The first-order chi connectivity index (χ1) is 14.3. The molecule has 0 amide bonds. The molecule has 1 aliphatic heterocycles. The molecular formula is C19H16Cl2F3N5O. The highest BCUT2D eigenvalue weighted by Crippen LogP contribution is 2.33. The van der Waals surface area contributed by atoms with Gasteiger partial charge in [-0.15, -0.1) is 0 Å². The minimum Gasteiger partial charge on any atom is -0.353 e. The van der Waals surface area contributed by atoms with Crippen molar-refractivity contribution in [2.45, 2.75) is 12.7 Å². The van der Waals surface area contributed by atoms with Crippen LogP contribution in [-0.4, -0.2) is 46.2 Å². The van der Waals surface area contributed by atoms with Gasteiger partial charge in [0.05, 0.1) is 22.2 Å². The van der Waals surface area contributed by atoms with Gasteiger partial charge in [0.25, 0.3) is 0 Å². The van der Waals surface area contributed by atoms with E-state index >= 15 is 0 Å². The smallest absolute Gasteiger partial charge is 0.353 e. The Balaban J connectivity index is 1.37. The van der Waals surface area contributed by atoms with Crippen LogP contribution in [0, 0.1) is 0 Å². The van der Waals surface area contributed by atoms with Crippen LogP contribution in [0.1, 0.15) is 11.5 Å². The van der Waals surface area contributed by atoms with Gasteiger partial charge in [0.2, 0.25) is 11.7 Å². The molecule has 6 nitrogen and oxygen atoms in total. The van der Waals surface area contributed by atoms with Gasteiger partial charge in [-0.2, -0.15) is 18.2 Å². The standard InChI is InChI=1S/C19H16Cl2F3N5O/c20-14-4-2-1-3-13(14)17-26-16(30-27-17)11-28-5-7-29(8-6-28)18-15(21)9-12(10-25-18)19(22,23)24/h1-4,9-10H,5-8,11H2. The molecule has 1 saturated heterocycles. The van der Waals surface area contributed by atoms with E-state index in [1.165, 1.54) is 0 Å². The predicted molar refractivity (Wildman–Crippen MR) is 106 cm³/mol. The van der Waals surface area contributed by atoms with Gasteiger partial charge in [-0.1, -0.05) is 40.5 Å². The molecule has 0 saturated carbocycles. The molecular weight excluding hydrogens is 442 g/mol. The summed E-state index contributed by atoms with van der Waals surface area (Å²) >= 11 is 12.2. The second kappa shape index (κ2) is 8.41. The lowest BCUT2D eigenvalue weighted by Crippen LogP contribution is -2.46. The fourth-order valence-corrected chi connectivity index (χ4v) is 3.70. The van der Waals surface area contributed by atoms with Crippen LogP contribution in [0.4, 0.5) is 19.0 Å². The minimum atomic E-state index is -4.47. The molecule has 0 aliphatic carbocycles. The van der Waals surface area contributed by atoms with Gasteiger partial charge in [0.15, 0.2) is 0 Å². The van der Waals surface area contributed by atoms with E-state index in [4.69, 9.17) is 27.7 Å². The summed E-state index contributed by atoms with van der Waals surface area (Å²) in [7, 11) is 0. The monoisotopic (exact) mass is 457 g/mol. The maximum atomic E-state index is 12.8. The van der Waals surface area contributed by atoms with Crippen molar-refractivity contribution in [3.8, 4) is 11.4 Å². The molecule has 158 valence electrons. The second-order valence-electron chi connectivity index (χ2n) is 6.78. The minimum absolute atomic E-state index is 0.0143. The van der Waals surface area contributed by atoms with Gasteiger partial charge in [-0.25, -0.2) is 4.98 Å². The Hall–Kier alpha value is -2.36. The number of piperazine rings is 1. The van der Waals surface area contributed by atoms with Crippen molar-refractivity contribution in [3.63, 3.8) is 0 Å². The molecule has 1 fully saturated rings. The molecule has 3 heterocycles. The highest BCUT2D eigenvalue weighted by Gasteiger charge is 2.32. The lowest BCUT2D eigenvalue weighted by Gasteiger charge is -2.35. The van der Waals surface area contributed by atoms with Gasteiger partial charge in [-0.05, 0) is 18.2 Å². The Labute approximate surface area is 180 Å². The summed E-state index contributed by atoms with van der Waals surface area (Å²) in [6.45, 7) is 2.86. The highest BCUT2D eigenvalue weighted by atomic mass is 35.5. The zero-order chi connectivity index (χ0) is 21.3. The van der Waals surface area contributed by atoms with Crippen molar-refractivity contribution in [3.05, 3.63) is 58.0 Å². The molecule has 1 aliphatic rings. The topological polar surface area (TPSA) is 58.3 Å². The third kappa shape index (κ3) is 4.53. The molecule has 0 spiro atoms. The van der Waals surface area contributed by atoms with Gasteiger partial charge in [-0.3, -0.25) is 4.90 Å². The second-order valence-corrected chi connectivity index (χ2v) is 7.60. The van der Waals surface area contributed by atoms with Gasteiger partial charge in [0, 0.05) is 37.9 Å². The number of alkyl halides is 3. The number of aromatic nitrogens is 3. The summed E-state index contributed by atoms with van der Waals surface area (Å²) < 4.78 is 43.7. The number of halogens is 5. The summed E-state index contributed by atoms with van der Waals surface area (Å²) in [6, 6.07) is 8.15. The van der Waals surface area contributed by atoms with E-state index in [0.717, 1.165) is 12.3 Å². The van der Waals surface area contributed by atoms with E-state index in [9.17, 15) is 13.2 Å². The Morgan fingerprint density at radius 3 is 2.43 bits per heavy atom. The average molecular weight is 458 g/mol. The SMILES string of the molecule is FC(F)(F)c1cnc(N2CCN(Cc3nc(-c4ccccc4Cl)no3)CC2)c(Cl)c1. The van der Waals surface area contributed by atoms with E-state index in [0.29, 0.717) is 60.8 Å². The molecule has 0 N–H and O–H groups in total. The molecule has 3 aromatic rings.